The Bertz CT molecular complexity index is 351. The van der Waals surface area contributed by atoms with E-state index < -0.39 is 0 Å². The van der Waals surface area contributed by atoms with Crippen LogP contribution >= 0.6 is 11.8 Å². The lowest BCUT2D eigenvalue weighted by atomic mass is 10.1. The fraction of sp³-hybridized carbons (Fsp3) is 0.538. The number of hydrogen-bond donors (Lipinski definition) is 1. The molecule has 0 saturated heterocycles. The maximum Gasteiger partial charge on any atom is 0.0537 e. The minimum Gasteiger partial charge on any atom is -0.368 e. The van der Waals surface area contributed by atoms with Crippen molar-refractivity contribution in [3.05, 3.63) is 23.8 Å². The van der Waals surface area contributed by atoms with Crippen LogP contribution in [0.2, 0.25) is 0 Å². The molecule has 1 aromatic rings. The zero-order valence-corrected chi connectivity index (χ0v) is 11.1. The zero-order valence-electron chi connectivity index (χ0n) is 10.3. The molecule has 1 aliphatic heterocycles. The summed E-state index contributed by atoms with van der Waals surface area (Å²) in [4.78, 5) is 3.88. The molecule has 88 valence electrons. The highest BCUT2D eigenvalue weighted by molar-refractivity contribution is 7.99. The minimum absolute atomic E-state index is 0.607. The number of aryl methyl sites for hydroxylation is 1. The largest absolute Gasteiger partial charge is 0.368 e. The van der Waals surface area contributed by atoms with Crippen LogP contribution in [0.25, 0.3) is 0 Å². The van der Waals surface area contributed by atoms with Gasteiger partial charge in [0.05, 0.1) is 11.7 Å². The van der Waals surface area contributed by atoms with Gasteiger partial charge in [-0.1, -0.05) is 19.1 Å². The Labute approximate surface area is 102 Å². The van der Waals surface area contributed by atoms with Crippen LogP contribution < -0.4 is 10.2 Å². The van der Waals surface area contributed by atoms with Crippen LogP contribution in [0.1, 0.15) is 12.5 Å². The number of nitrogens with zero attached hydrogens (tertiary/aromatic N) is 1. The molecule has 0 saturated carbocycles. The summed E-state index contributed by atoms with van der Waals surface area (Å²) < 4.78 is 0. The predicted molar refractivity (Wildman–Crippen MR) is 72.7 cm³/mol. The Hall–Kier alpha value is -0.670. The topological polar surface area (TPSA) is 15.3 Å². The second-order valence-electron chi connectivity index (χ2n) is 4.25. The van der Waals surface area contributed by atoms with Gasteiger partial charge in [-0.15, -0.1) is 11.8 Å². The number of hydrogen-bond acceptors (Lipinski definition) is 3. The molecule has 0 aliphatic carbocycles. The second-order valence-corrected chi connectivity index (χ2v) is 5.31. The van der Waals surface area contributed by atoms with Crippen molar-refractivity contribution in [3.8, 4) is 0 Å². The number of nitrogens with one attached hydrogen (secondary N) is 1. The monoisotopic (exact) mass is 236 g/mol. The summed E-state index contributed by atoms with van der Waals surface area (Å²) in [6, 6.07) is 7.27. The van der Waals surface area contributed by atoms with Gasteiger partial charge in [-0.3, -0.25) is 0 Å². The van der Waals surface area contributed by atoms with Gasteiger partial charge in [0.1, 0.15) is 0 Å². The maximum atomic E-state index is 3.28. The molecule has 0 bridgehead atoms. The molecule has 3 heteroatoms. The van der Waals surface area contributed by atoms with E-state index in [1.807, 2.05) is 18.8 Å². The van der Waals surface area contributed by atoms with Crippen molar-refractivity contribution in [2.75, 3.05) is 31.3 Å². The maximum absolute atomic E-state index is 3.28. The summed E-state index contributed by atoms with van der Waals surface area (Å²) >= 11 is 1.99. The van der Waals surface area contributed by atoms with Gasteiger partial charge in [-0.05, 0) is 25.1 Å². The molecule has 2 rings (SSSR count). The number of rotatable bonds is 3. The summed E-state index contributed by atoms with van der Waals surface area (Å²) in [6.07, 6.45) is 1.11. The van der Waals surface area contributed by atoms with Gasteiger partial charge in [-0.25, -0.2) is 0 Å². The lowest BCUT2D eigenvalue weighted by Crippen LogP contribution is -2.43. The Balaban J connectivity index is 2.34. The average molecular weight is 236 g/mol. The molecule has 1 heterocycles. The van der Waals surface area contributed by atoms with Crippen LogP contribution in [0.5, 0.6) is 0 Å². The molecule has 0 radical (unpaired) electrons. The molecule has 16 heavy (non-hydrogen) atoms. The zero-order chi connectivity index (χ0) is 11.5. The van der Waals surface area contributed by atoms with Gasteiger partial charge in [0, 0.05) is 24.2 Å². The molecular weight excluding hydrogens is 216 g/mol. The molecule has 1 atom stereocenters. The molecular formula is C13H20N2S. The lowest BCUT2D eigenvalue weighted by molar-refractivity contribution is 0.627. The first kappa shape index (κ1) is 11.8. The summed E-state index contributed by atoms with van der Waals surface area (Å²) in [5.41, 5.74) is 2.91. The SMILES string of the molecule is CCc1cccc2c1N(C)C(CNC)CS2. The predicted octanol–water partition coefficient (Wildman–Crippen LogP) is 2.38. The summed E-state index contributed by atoms with van der Waals surface area (Å²) in [7, 11) is 4.25. The van der Waals surface area contributed by atoms with E-state index in [4.69, 9.17) is 0 Å². The van der Waals surface area contributed by atoms with E-state index in [-0.39, 0.29) is 0 Å². The van der Waals surface area contributed by atoms with Crippen LogP contribution in [0.4, 0.5) is 5.69 Å². The molecule has 1 N–H and O–H groups in total. The number of fused-ring (bicyclic) bond motifs is 1. The van der Waals surface area contributed by atoms with E-state index >= 15 is 0 Å². The smallest absolute Gasteiger partial charge is 0.0537 e. The van der Waals surface area contributed by atoms with E-state index in [0.29, 0.717) is 6.04 Å². The summed E-state index contributed by atoms with van der Waals surface area (Å²) in [5, 5.41) is 3.28. The molecule has 1 aromatic carbocycles. The second kappa shape index (κ2) is 5.11. The summed E-state index contributed by atoms with van der Waals surface area (Å²) in [5.74, 6) is 1.18. The number of para-hydroxylation sites is 1. The number of likely N-dealkylation sites (N-methyl/N-ethyl adjacent to an activating group) is 2. The number of benzene rings is 1. The van der Waals surface area contributed by atoms with Crippen molar-refractivity contribution in [1.82, 2.24) is 5.32 Å². The average Bonchev–Trinajstić information content (AvgIpc) is 2.32. The highest BCUT2D eigenvalue weighted by atomic mass is 32.2. The van der Waals surface area contributed by atoms with Gasteiger partial charge in [-0.2, -0.15) is 0 Å². The van der Waals surface area contributed by atoms with Gasteiger partial charge in [0.25, 0.3) is 0 Å². The van der Waals surface area contributed by atoms with Crippen molar-refractivity contribution < 1.29 is 0 Å². The number of anilines is 1. The Morgan fingerprint density at radius 2 is 2.31 bits per heavy atom. The van der Waals surface area contributed by atoms with Crippen molar-refractivity contribution >= 4 is 17.4 Å². The van der Waals surface area contributed by atoms with E-state index in [0.717, 1.165) is 13.0 Å². The van der Waals surface area contributed by atoms with Crippen LogP contribution in [-0.2, 0) is 6.42 Å². The molecule has 0 aromatic heterocycles. The van der Waals surface area contributed by atoms with Crippen LogP contribution in [-0.4, -0.2) is 32.4 Å². The highest BCUT2D eigenvalue weighted by Gasteiger charge is 2.24. The van der Waals surface area contributed by atoms with Crippen LogP contribution in [0.15, 0.2) is 23.1 Å². The minimum atomic E-state index is 0.607. The quantitative estimate of drug-likeness (QED) is 0.867. The van der Waals surface area contributed by atoms with E-state index in [2.05, 4.69) is 42.4 Å². The van der Waals surface area contributed by atoms with Gasteiger partial charge >= 0.3 is 0 Å². The van der Waals surface area contributed by atoms with Gasteiger partial charge in [0.15, 0.2) is 0 Å². The van der Waals surface area contributed by atoms with Crippen LogP contribution in [0, 0.1) is 0 Å². The normalized spacial score (nSPS) is 19.7. The Morgan fingerprint density at radius 3 is 3.00 bits per heavy atom. The first-order valence-electron chi connectivity index (χ1n) is 5.90. The third-order valence-corrected chi connectivity index (χ3v) is 4.43. The Morgan fingerprint density at radius 1 is 1.50 bits per heavy atom. The van der Waals surface area contributed by atoms with Crippen molar-refractivity contribution in [2.45, 2.75) is 24.3 Å². The standard InChI is InChI=1S/C13H20N2S/c1-4-10-6-5-7-12-13(10)15(3)11(8-14-2)9-16-12/h5-7,11,14H,4,8-9H2,1-3H3. The lowest BCUT2D eigenvalue weighted by Gasteiger charge is -2.37. The van der Waals surface area contributed by atoms with Gasteiger partial charge < -0.3 is 10.2 Å². The highest BCUT2D eigenvalue weighted by Crippen LogP contribution is 2.39. The molecule has 2 nitrogen and oxygen atoms in total. The van der Waals surface area contributed by atoms with Gasteiger partial charge in [0.2, 0.25) is 0 Å². The van der Waals surface area contributed by atoms with Crippen molar-refractivity contribution in [3.63, 3.8) is 0 Å². The van der Waals surface area contributed by atoms with Crippen molar-refractivity contribution in [1.29, 1.82) is 0 Å². The molecule has 0 fully saturated rings. The first-order valence-corrected chi connectivity index (χ1v) is 6.88. The fourth-order valence-electron chi connectivity index (χ4n) is 2.28. The van der Waals surface area contributed by atoms with E-state index in [1.54, 1.807) is 0 Å². The summed E-state index contributed by atoms with van der Waals surface area (Å²) in [6.45, 7) is 3.29. The van der Waals surface area contributed by atoms with E-state index in [9.17, 15) is 0 Å². The third kappa shape index (κ3) is 2.06. The Kier molecular flexibility index (Phi) is 3.77. The molecule has 1 aliphatic rings. The number of thioether (sulfide) groups is 1. The molecule has 0 amide bonds. The van der Waals surface area contributed by atoms with Crippen molar-refractivity contribution in [2.24, 2.45) is 0 Å². The molecule has 0 spiro atoms. The fourth-order valence-corrected chi connectivity index (χ4v) is 3.58. The van der Waals surface area contributed by atoms with E-state index in [1.165, 1.54) is 21.9 Å². The molecule has 1 unspecified atom stereocenters. The first-order chi connectivity index (χ1) is 7.77. The van der Waals surface area contributed by atoms with Crippen LogP contribution in [0.3, 0.4) is 0 Å². The third-order valence-electron chi connectivity index (χ3n) is 3.23.